The van der Waals surface area contributed by atoms with E-state index in [4.69, 9.17) is 5.11 Å². The standard InChI is InChI=1S/C16H22O3/c1-3-11(9-15(17)18)4-7-13-10(2)8-14(13)16(19)12-5-6-12/h3-4,7,10,12-14H,5-6,8-9H2,1-2H3,(H,17,18)/b7-4-,11-3+. The highest BCUT2D eigenvalue weighted by molar-refractivity contribution is 5.86. The lowest BCUT2D eigenvalue weighted by molar-refractivity contribution is -0.136. The van der Waals surface area contributed by atoms with E-state index in [2.05, 4.69) is 13.0 Å². The van der Waals surface area contributed by atoms with Crippen LogP contribution in [-0.2, 0) is 9.59 Å². The highest BCUT2D eigenvalue weighted by Gasteiger charge is 2.45. The number of allylic oxidation sites excluding steroid dienone is 3. The van der Waals surface area contributed by atoms with Gasteiger partial charge in [0.25, 0.3) is 0 Å². The second kappa shape index (κ2) is 5.72. The number of hydrogen-bond acceptors (Lipinski definition) is 2. The van der Waals surface area contributed by atoms with Gasteiger partial charge >= 0.3 is 5.97 Å². The van der Waals surface area contributed by atoms with Gasteiger partial charge in [-0.25, -0.2) is 0 Å². The number of aliphatic carboxylic acids is 1. The topological polar surface area (TPSA) is 54.4 Å². The summed E-state index contributed by atoms with van der Waals surface area (Å²) >= 11 is 0. The summed E-state index contributed by atoms with van der Waals surface area (Å²) in [5, 5.41) is 8.80. The summed E-state index contributed by atoms with van der Waals surface area (Å²) in [6.45, 7) is 4.01. The predicted molar refractivity (Wildman–Crippen MR) is 73.6 cm³/mol. The SMILES string of the molecule is C/C=C(\C=C/C1C(C)CC1C(=O)C1CC1)CC(=O)O. The zero-order valence-corrected chi connectivity index (χ0v) is 11.6. The minimum absolute atomic E-state index is 0.0509. The van der Waals surface area contributed by atoms with E-state index in [0.717, 1.165) is 24.8 Å². The monoisotopic (exact) mass is 262 g/mol. The van der Waals surface area contributed by atoms with Gasteiger partial charge in [-0.3, -0.25) is 9.59 Å². The first-order valence-corrected chi connectivity index (χ1v) is 7.11. The summed E-state index contributed by atoms with van der Waals surface area (Å²) in [7, 11) is 0. The Balaban J connectivity index is 1.95. The molecule has 0 amide bonds. The molecule has 0 aromatic heterocycles. The van der Waals surface area contributed by atoms with Gasteiger partial charge in [0.15, 0.2) is 0 Å². The van der Waals surface area contributed by atoms with Crippen LogP contribution in [0.3, 0.4) is 0 Å². The van der Waals surface area contributed by atoms with Crippen LogP contribution in [0.2, 0.25) is 0 Å². The average Bonchev–Trinajstić information content (AvgIpc) is 3.17. The third kappa shape index (κ3) is 3.34. The van der Waals surface area contributed by atoms with Gasteiger partial charge in [0.1, 0.15) is 5.78 Å². The molecule has 2 aliphatic carbocycles. The largest absolute Gasteiger partial charge is 0.481 e. The van der Waals surface area contributed by atoms with Crippen LogP contribution < -0.4 is 0 Å². The predicted octanol–water partition coefficient (Wildman–Crippen LogP) is 3.21. The molecular formula is C16H22O3. The van der Waals surface area contributed by atoms with Crippen molar-refractivity contribution in [1.82, 2.24) is 0 Å². The van der Waals surface area contributed by atoms with Crippen molar-refractivity contribution in [2.75, 3.05) is 0 Å². The fourth-order valence-corrected chi connectivity index (χ4v) is 2.88. The molecule has 0 aromatic rings. The molecule has 1 N–H and O–H groups in total. The molecule has 104 valence electrons. The first-order valence-electron chi connectivity index (χ1n) is 7.11. The zero-order chi connectivity index (χ0) is 14.0. The van der Waals surface area contributed by atoms with Gasteiger partial charge < -0.3 is 5.11 Å². The summed E-state index contributed by atoms with van der Waals surface area (Å²) in [6, 6.07) is 0. The van der Waals surface area contributed by atoms with Gasteiger partial charge in [0.05, 0.1) is 6.42 Å². The van der Waals surface area contributed by atoms with E-state index in [0.29, 0.717) is 23.5 Å². The molecule has 2 saturated carbocycles. The Labute approximate surface area is 114 Å². The lowest BCUT2D eigenvalue weighted by Gasteiger charge is -2.40. The summed E-state index contributed by atoms with van der Waals surface area (Å²) in [5.41, 5.74) is 0.809. The Morgan fingerprint density at radius 1 is 1.32 bits per heavy atom. The zero-order valence-electron chi connectivity index (χ0n) is 11.6. The third-order valence-electron chi connectivity index (χ3n) is 4.35. The molecule has 0 radical (unpaired) electrons. The highest BCUT2D eigenvalue weighted by atomic mass is 16.4. The molecule has 0 saturated heterocycles. The molecule has 3 heteroatoms. The number of carboxylic acids is 1. The van der Waals surface area contributed by atoms with Crippen molar-refractivity contribution in [3.63, 3.8) is 0 Å². The van der Waals surface area contributed by atoms with Crippen LogP contribution >= 0.6 is 0 Å². The lowest BCUT2D eigenvalue weighted by atomic mass is 9.63. The molecule has 0 bridgehead atoms. The van der Waals surface area contributed by atoms with Crippen molar-refractivity contribution >= 4 is 11.8 Å². The van der Waals surface area contributed by atoms with Crippen LogP contribution in [0.15, 0.2) is 23.8 Å². The fourth-order valence-electron chi connectivity index (χ4n) is 2.88. The quantitative estimate of drug-likeness (QED) is 0.748. The molecule has 2 fully saturated rings. The van der Waals surface area contributed by atoms with Crippen LogP contribution in [0.1, 0.15) is 39.5 Å². The maximum atomic E-state index is 12.1. The number of hydrogen-bond donors (Lipinski definition) is 1. The van der Waals surface area contributed by atoms with Crippen molar-refractivity contribution in [2.45, 2.75) is 39.5 Å². The summed E-state index contributed by atoms with van der Waals surface area (Å²) in [5.74, 6) is 0.969. The Kier molecular flexibility index (Phi) is 4.23. The van der Waals surface area contributed by atoms with E-state index in [9.17, 15) is 9.59 Å². The average molecular weight is 262 g/mol. The molecule has 3 nitrogen and oxygen atoms in total. The molecule has 0 aliphatic heterocycles. The molecule has 0 spiro atoms. The van der Waals surface area contributed by atoms with E-state index >= 15 is 0 Å². The first kappa shape index (κ1) is 14.0. The van der Waals surface area contributed by atoms with Crippen LogP contribution in [0.5, 0.6) is 0 Å². The first-order chi connectivity index (χ1) is 9.02. The number of Topliss-reactive ketones (excluding diaryl/α,β-unsaturated/α-hetero) is 1. The minimum Gasteiger partial charge on any atom is -0.481 e. The van der Waals surface area contributed by atoms with E-state index in [1.165, 1.54) is 0 Å². The Hall–Kier alpha value is -1.38. The molecular weight excluding hydrogens is 240 g/mol. The van der Waals surface area contributed by atoms with Crippen molar-refractivity contribution in [1.29, 1.82) is 0 Å². The summed E-state index contributed by atoms with van der Waals surface area (Å²) in [4.78, 5) is 22.8. The summed E-state index contributed by atoms with van der Waals surface area (Å²) in [6.07, 6.45) is 8.95. The Morgan fingerprint density at radius 3 is 2.47 bits per heavy atom. The van der Waals surface area contributed by atoms with E-state index < -0.39 is 5.97 Å². The molecule has 2 rings (SSSR count). The smallest absolute Gasteiger partial charge is 0.307 e. The van der Waals surface area contributed by atoms with E-state index in [1.807, 2.05) is 19.1 Å². The summed E-state index contributed by atoms with van der Waals surface area (Å²) < 4.78 is 0. The van der Waals surface area contributed by atoms with Crippen LogP contribution in [0, 0.1) is 23.7 Å². The Morgan fingerprint density at radius 2 is 2.00 bits per heavy atom. The van der Waals surface area contributed by atoms with Crippen molar-refractivity contribution in [3.8, 4) is 0 Å². The van der Waals surface area contributed by atoms with Gasteiger partial charge in [-0.05, 0) is 43.6 Å². The van der Waals surface area contributed by atoms with Crippen molar-refractivity contribution < 1.29 is 14.7 Å². The van der Waals surface area contributed by atoms with Gasteiger partial charge in [0.2, 0.25) is 0 Å². The van der Waals surface area contributed by atoms with Gasteiger partial charge in [-0.1, -0.05) is 25.2 Å². The molecule has 2 aliphatic rings. The van der Waals surface area contributed by atoms with E-state index in [1.54, 1.807) is 0 Å². The molecule has 3 atom stereocenters. The van der Waals surface area contributed by atoms with Gasteiger partial charge in [-0.15, -0.1) is 0 Å². The second-order valence-corrected chi connectivity index (χ2v) is 5.87. The van der Waals surface area contributed by atoms with Gasteiger partial charge in [-0.2, -0.15) is 0 Å². The minimum atomic E-state index is -0.815. The van der Waals surface area contributed by atoms with Crippen molar-refractivity contribution in [3.05, 3.63) is 23.8 Å². The van der Waals surface area contributed by atoms with E-state index in [-0.39, 0.29) is 12.3 Å². The lowest BCUT2D eigenvalue weighted by Crippen LogP contribution is -2.39. The van der Waals surface area contributed by atoms with Crippen molar-refractivity contribution in [2.24, 2.45) is 23.7 Å². The maximum Gasteiger partial charge on any atom is 0.307 e. The molecule has 19 heavy (non-hydrogen) atoms. The van der Waals surface area contributed by atoms with Crippen LogP contribution in [-0.4, -0.2) is 16.9 Å². The van der Waals surface area contributed by atoms with Crippen LogP contribution in [0.4, 0.5) is 0 Å². The number of ketones is 1. The number of carbonyl (C=O) groups is 2. The molecule has 0 heterocycles. The Bertz CT molecular complexity index is 429. The fraction of sp³-hybridized carbons (Fsp3) is 0.625. The molecule has 3 unspecified atom stereocenters. The van der Waals surface area contributed by atoms with Crippen LogP contribution in [0.25, 0.3) is 0 Å². The maximum absolute atomic E-state index is 12.1. The number of rotatable bonds is 6. The third-order valence-corrected chi connectivity index (χ3v) is 4.35. The number of carbonyl (C=O) groups excluding carboxylic acids is 1. The number of carboxylic acid groups (broad SMARTS) is 1. The second-order valence-electron chi connectivity index (χ2n) is 5.87. The highest BCUT2D eigenvalue weighted by Crippen LogP contribution is 2.46. The molecule has 0 aromatic carbocycles. The normalized spacial score (nSPS) is 31.3. The van der Waals surface area contributed by atoms with Gasteiger partial charge in [0, 0.05) is 11.8 Å².